The van der Waals surface area contributed by atoms with Crippen LogP contribution in [0.15, 0.2) is 15.6 Å². The molecule has 0 aliphatic heterocycles. The van der Waals surface area contributed by atoms with Crippen molar-refractivity contribution in [2.75, 3.05) is 5.32 Å². The number of anilines is 1. The number of carbonyl (C=O) groups excluding carboxylic acids is 1. The number of nitrogens with one attached hydrogen (secondary N) is 1. The Labute approximate surface area is 161 Å². The zero-order chi connectivity index (χ0) is 21.5. The summed E-state index contributed by atoms with van der Waals surface area (Å²) in [6.45, 7) is -2.08. The minimum atomic E-state index is -4.76. The van der Waals surface area contributed by atoms with E-state index in [2.05, 4.69) is 19.8 Å². The molecule has 2 aromatic heterocycles. The molecular weight excluding hydrogens is 428 g/mol. The molecule has 2 aromatic rings. The lowest BCUT2D eigenvalue weighted by Crippen LogP contribution is -2.17. The fourth-order valence-electron chi connectivity index (χ4n) is 2.98. The minimum absolute atomic E-state index is 0.0964. The SMILES string of the molecule is Cc1c(C(F)(F)F)nc2c(c1NC(=O)/N=[SH](=O)/c1nn(C(F)F)cc1F)CCC2. The number of urea groups is 1. The quantitative estimate of drug-likeness (QED) is 0.559. The highest BCUT2D eigenvalue weighted by Gasteiger charge is 2.37. The molecule has 158 valence electrons. The molecule has 2 amide bonds. The Kier molecular flexibility index (Phi) is 5.56. The van der Waals surface area contributed by atoms with Gasteiger partial charge in [-0.3, -0.25) is 0 Å². The van der Waals surface area contributed by atoms with E-state index in [0.29, 0.717) is 24.8 Å². The summed E-state index contributed by atoms with van der Waals surface area (Å²) in [4.78, 5) is 15.7. The average molecular weight is 441 g/mol. The second-order valence-corrected chi connectivity index (χ2v) is 7.27. The Bertz CT molecular complexity index is 1060. The van der Waals surface area contributed by atoms with Crippen molar-refractivity contribution < 1.29 is 35.3 Å². The number of hydrogen-bond donors (Lipinski definition) is 2. The second-order valence-electron chi connectivity index (χ2n) is 6.10. The summed E-state index contributed by atoms with van der Waals surface area (Å²) >= 11 is 0. The Balaban J connectivity index is 1.94. The van der Waals surface area contributed by atoms with Gasteiger partial charge in [0.2, 0.25) is 0 Å². The van der Waals surface area contributed by atoms with Crippen LogP contribution < -0.4 is 5.32 Å². The van der Waals surface area contributed by atoms with Gasteiger partial charge in [0.25, 0.3) is 0 Å². The predicted octanol–water partition coefficient (Wildman–Crippen LogP) is 3.88. The Hall–Kier alpha value is -2.64. The van der Waals surface area contributed by atoms with Gasteiger partial charge < -0.3 is 5.32 Å². The van der Waals surface area contributed by atoms with Crippen LogP contribution in [0, 0.1) is 12.7 Å². The molecule has 1 aliphatic rings. The van der Waals surface area contributed by atoms with Gasteiger partial charge in [-0.2, -0.15) is 27.1 Å². The number of halogens is 6. The maximum atomic E-state index is 13.6. The summed E-state index contributed by atoms with van der Waals surface area (Å²) in [7, 11) is -3.20. The zero-order valence-corrected chi connectivity index (χ0v) is 15.5. The van der Waals surface area contributed by atoms with Crippen LogP contribution in [0.3, 0.4) is 0 Å². The van der Waals surface area contributed by atoms with Crippen LogP contribution in [-0.4, -0.2) is 25.0 Å². The van der Waals surface area contributed by atoms with Crippen molar-refractivity contribution in [1.82, 2.24) is 14.8 Å². The molecule has 14 heteroatoms. The number of aromatic nitrogens is 3. The van der Waals surface area contributed by atoms with Gasteiger partial charge in [-0.25, -0.2) is 23.1 Å². The van der Waals surface area contributed by atoms with Crippen molar-refractivity contribution in [2.24, 2.45) is 4.36 Å². The van der Waals surface area contributed by atoms with E-state index in [1.54, 1.807) is 0 Å². The predicted molar refractivity (Wildman–Crippen MR) is 88.7 cm³/mol. The third kappa shape index (κ3) is 4.21. The van der Waals surface area contributed by atoms with Crippen LogP contribution in [0.5, 0.6) is 0 Å². The smallest absolute Gasteiger partial charge is 0.305 e. The number of amides is 2. The van der Waals surface area contributed by atoms with Crippen LogP contribution in [-0.2, 0) is 29.6 Å². The van der Waals surface area contributed by atoms with Gasteiger partial charge in [-0.05, 0) is 31.7 Å². The van der Waals surface area contributed by atoms with Gasteiger partial charge in [-0.1, -0.05) is 0 Å². The van der Waals surface area contributed by atoms with Crippen LogP contribution in [0.4, 0.5) is 36.8 Å². The van der Waals surface area contributed by atoms with E-state index >= 15 is 0 Å². The first-order valence-corrected chi connectivity index (χ1v) is 9.32. The van der Waals surface area contributed by atoms with E-state index in [0.717, 1.165) is 6.92 Å². The number of nitrogens with zero attached hydrogens (tertiary/aromatic N) is 4. The highest BCUT2D eigenvalue weighted by Crippen LogP contribution is 2.38. The van der Waals surface area contributed by atoms with Crippen molar-refractivity contribution in [3.63, 3.8) is 0 Å². The van der Waals surface area contributed by atoms with Gasteiger partial charge in [0.15, 0.2) is 10.8 Å². The van der Waals surface area contributed by atoms with Crippen molar-refractivity contribution in [1.29, 1.82) is 0 Å². The normalized spacial score (nSPS) is 15.0. The fraction of sp³-hybridized carbons (Fsp3) is 0.400. The molecule has 1 N–H and O–H groups in total. The van der Waals surface area contributed by atoms with E-state index in [-0.39, 0.29) is 27.8 Å². The van der Waals surface area contributed by atoms with E-state index < -0.39 is 45.9 Å². The maximum Gasteiger partial charge on any atom is 0.433 e. The summed E-state index contributed by atoms with van der Waals surface area (Å²) in [5.74, 6) is -1.36. The summed E-state index contributed by atoms with van der Waals surface area (Å²) in [6, 6.07) is -1.33. The highest BCUT2D eigenvalue weighted by atomic mass is 32.2. The average Bonchev–Trinajstić information content (AvgIpc) is 3.22. The Morgan fingerprint density at radius 1 is 1.34 bits per heavy atom. The summed E-state index contributed by atoms with van der Waals surface area (Å²) in [5, 5.41) is 4.24. The topological polar surface area (TPSA) is 89.2 Å². The first kappa shape index (κ1) is 21.1. The first-order chi connectivity index (χ1) is 13.5. The molecule has 2 heterocycles. The summed E-state index contributed by atoms with van der Waals surface area (Å²) in [5.41, 5.74) is -1.08. The van der Waals surface area contributed by atoms with Crippen molar-refractivity contribution >= 4 is 22.3 Å². The molecule has 0 fully saturated rings. The molecule has 29 heavy (non-hydrogen) atoms. The molecule has 7 nitrogen and oxygen atoms in total. The molecular formula is C15H13F6N5O2S. The van der Waals surface area contributed by atoms with E-state index in [1.165, 1.54) is 0 Å². The molecule has 0 bridgehead atoms. The van der Waals surface area contributed by atoms with Gasteiger partial charge >= 0.3 is 18.8 Å². The largest absolute Gasteiger partial charge is 0.433 e. The van der Waals surface area contributed by atoms with Crippen LogP contribution in [0.1, 0.15) is 35.5 Å². The monoisotopic (exact) mass is 441 g/mol. The van der Waals surface area contributed by atoms with E-state index in [1.807, 2.05) is 0 Å². The third-order valence-corrected chi connectivity index (χ3v) is 5.23. The van der Waals surface area contributed by atoms with Crippen LogP contribution >= 0.6 is 0 Å². The minimum Gasteiger partial charge on any atom is -0.305 e. The van der Waals surface area contributed by atoms with Gasteiger partial charge in [0.1, 0.15) is 5.69 Å². The lowest BCUT2D eigenvalue weighted by molar-refractivity contribution is -0.141. The first-order valence-electron chi connectivity index (χ1n) is 8.11. The molecule has 0 saturated heterocycles. The number of rotatable bonds is 3. The second kappa shape index (κ2) is 7.65. The van der Waals surface area contributed by atoms with Crippen LogP contribution in [0.25, 0.3) is 0 Å². The Morgan fingerprint density at radius 2 is 2.03 bits per heavy atom. The van der Waals surface area contributed by atoms with Crippen LogP contribution in [0.2, 0.25) is 0 Å². The van der Waals surface area contributed by atoms with E-state index in [4.69, 9.17) is 0 Å². The molecule has 1 atom stereocenters. The summed E-state index contributed by atoms with van der Waals surface area (Å²) in [6.07, 6.45) is -3.27. The number of carbonyl (C=O) groups is 1. The number of hydrogen-bond acceptors (Lipinski definition) is 4. The van der Waals surface area contributed by atoms with Crippen molar-refractivity contribution in [3.8, 4) is 0 Å². The number of thiol groups is 1. The zero-order valence-electron chi connectivity index (χ0n) is 14.6. The summed E-state index contributed by atoms with van der Waals surface area (Å²) < 4.78 is 93.3. The molecule has 0 aromatic carbocycles. The maximum absolute atomic E-state index is 13.6. The lowest BCUT2D eigenvalue weighted by atomic mass is 10.1. The van der Waals surface area contributed by atoms with Crippen molar-refractivity contribution in [3.05, 3.63) is 34.5 Å². The van der Waals surface area contributed by atoms with E-state index in [9.17, 15) is 35.3 Å². The van der Waals surface area contributed by atoms with Gasteiger partial charge in [0, 0.05) is 11.3 Å². The number of pyridine rings is 1. The number of aryl methyl sites for hydroxylation is 1. The fourth-order valence-corrected chi connectivity index (χ4v) is 3.71. The van der Waals surface area contributed by atoms with Gasteiger partial charge in [-0.15, -0.1) is 4.36 Å². The Morgan fingerprint density at radius 3 is 2.62 bits per heavy atom. The molecule has 1 unspecified atom stereocenters. The standard InChI is InChI=1S/C15H13F6N5O2S/c1-6-10(7-3-2-4-9(7)22-11(6)15(19,20)21)23-14(27)25-29(28)12-8(16)5-26(24-12)13(17)18/h5,13,29H,2-4H2,1H3,(H,22,23,27). The molecule has 0 spiro atoms. The molecule has 0 radical (unpaired) electrons. The molecule has 1 aliphatic carbocycles. The number of alkyl halides is 5. The van der Waals surface area contributed by atoms with Gasteiger partial charge in [0.05, 0.1) is 22.5 Å². The highest BCUT2D eigenvalue weighted by molar-refractivity contribution is 7.75. The lowest BCUT2D eigenvalue weighted by Gasteiger charge is -2.17. The third-order valence-electron chi connectivity index (χ3n) is 4.20. The molecule has 0 saturated carbocycles. The van der Waals surface area contributed by atoms with Crippen molar-refractivity contribution in [2.45, 2.75) is 43.9 Å². The number of fused-ring (bicyclic) bond motifs is 1. The molecule has 3 rings (SSSR count).